The molecule has 0 N–H and O–H groups in total. The highest BCUT2D eigenvalue weighted by molar-refractivity contribution is 5.90. The first kappa shape index (κ1) is 12.2. The Bertz CT molecular complexity index is 600. The zero-order valence-corrected chi connectivity index (χ0v) is 10.3. The molecule has 0 aromatic heterocycles. The van der Waals surface area contributed by atoms with Crippen LogP contribution in [0.25, 0.3) is 16.8 Å². The SMILES string of the molecule is COC(=O)C=Cc1ccc2cc(OC)ccc2c1. The third kappa shape index (κ3) is 2.69. The van der Waals surface area contributed by atoms with E-state index in [1.807, 2.05) is 36.4 Å². The number of ether oxygens (including phenoxy) is 2. The van der Waals surface area contributed by atoms with Gasteiger partial charge in [-0.2, -0.15) is 0 Å². The number of hydrogen-bond donors (Lipinski definition) is 0. The van der Waals surface area contributed by atoms with Crippen LogP contribution in [0.15, 0.2) is 42.5 Å². The van der Waals surface area contributed by atoms with E-state index in [9.17, 15) is 4.79 Å². The molecule has 3 heteroatoms. The van der Waals surface area contributed by atoms with Crippen molar-refractivity contribution in [2.24, 2.45) is 0 Å². The summed E-state index contributed by atoms with van der Waals surface area (Å²) in [6, 6.07) is 11.8. The van der Waals surface area contributed by atoms with E-state index in [4.69, 9.17) is 4.74 Å². The number of hydrogen-bond acceptors (Lipinski definition) is 3. The van der Waals surface area contributed by atoms with Gasteiger partial charge in [0, 0.05) is 6.08 Å². The Labute approximate surface area is 106 Å². The molecule has 3 nitrogen and oxygen atoms in total. The van der Waals surface area contributed by atoms with Crippen molar-refractivity contribution in [2.45, 2.75) is 0 Å². The van der Waals surface area contributed by atoms with E-state index in [0.717, 1.165) is 22.1 Å². The molecule has 0 amide bonds. The molecule has 0 spiro atoms. The molecule has 2 aromatic carbocycles. The van der Waals surface area contributed by atoms with Crippen LogP contribution < -0.4 is 4.74 Å². The summed E-state index contributed by atoms with van der Waals surface area (Å²) in [5.74, 6) is 0.477. The molecule has 0 aliphatic carbocycles. The molecule has 0 saturated carbocycles. The Morgan fingerprint density at radius 2 is 1.78 bits per heavy atom. The smallest absolute Gasteiger partial charge is 0.330 e. The number of esters is 1. The molecule has 0 aliphatic heterocycles. The molecule has 0 unspecified atom stereocenters. The van der Waals surface area contributed by atoms with Crippen molar-refractivity contribution in [3.05, 3.63) is 48.0 Å². The lowest BCUT2D eigenvalue weighted by molar-refractivity contribution is -0.134. The largest absolute Gasteiger partial charge is 0.497 e. The Kier molecular flexibility index (Phi) is 3.63. The quantitative estimate of drug-likeness (QED) is 0.613. The van der Waals surface area contributed by atoms with Crippen molar-refractivity contribution in [3.63, 3.8) is 0 Å². The molecule has 0 atom stereocenters. The maximum Gasteiger partial charge on any atom is 0.330 e. The Balaban J connectivity index is 2.33. The van der Waals surface area contributed by atoms with Crippen LogP contribution in [0, 0.1) is 0 Å². The summed E-state index contributed by atoms with van der Waals surface area (Å²) in [5.41, 5.74) is 0.957. The Morgan fingerprint density at radius 3 is 2.50 bits per heavy atom. The van der Waals surface area contributed by atoms with Gasteiger partial charge in [0.25, 0.3) is 0 Å². The van der Waals surface area contributed by atoms with Crippen LogP contribution in [0.4, 0.5) is 0 Å². The van der Waals surface area contributed by atoms with Crippen LogP contribution in [0.5, 0.6) is 5.75 Å². The fourth-order valence-corrected chi connectivity index (χ4v) is 1.71. The first-order valence-electron chi connectivity index (χ1n) is 5.57. The normalized spacial score (nSPS) is 10.8. The zero-order valence-electron chi connectivity index (χ0n) is 10.3. The standard InChI is InChI=1S/C15H14O3/c1-17-14-7-6-12-9-11(3-5-13(12)10-14)4-8-15(16)18-2/h3-10H,1-2H3. The second-order valence-electron chi connectivity index (χ2n) is 3.83. The average Bonchev–Trinajstić information content (AvgIpc) is 2.43. The molecule has 92 valence electrons. The number of fused-ring (bicyclic) bond motifs is 1. The van der Waals surface area contributed by atoms with Gasteiger partial charge in [-0.15, -0.1) is 0 Å². The van der Waals surface area contributed by atoms with Crippen LogP contribution in [0.1, 0.15) is 5.56 Å². The molecular formula is C15H14O3. The maximum absolute atomic E-state index is 11.0. The molecule has 0 radical (unpaired) electrons. The number of carbonyl (C=O) groups excluding carboxylic acids is 1. The summed E-state index contributed by atoms with van der Waals surface area (Å²) in [6.07, 6.45) is 3.14. The van der Waals surface area contributed by atoms with Crippen molar-refractivity contribution >= 4 is 22.8 Å². The molecule has 2 aromatic rings. The van der Waals surface area contributed by atoms with E-state index in [-0.39, 0.29) is 5.97 Å². The minimum absolute atomic E-state index is 0.357. The van der Waals surface area contributed by atoms with Gasteiger partial charge < -0.3 is 9.47 Å². The number of benzene rings is 2. The van der Waals surface area contributed by atoms with E-state index in [1.165, 1.54) is 13.2 Å². The van der Waals surface area contributed by atoms with Crippen LogP contribution >= 0.6 is 0 Å². The molecule has 0 saturated heterocycles. The summed E-state index contributed by atoms with van der Waals surface area (Å²) < 4.78 is 9.72. The minimum atomic E-state index is -0.357. The fraction of sp³-hybridized carbons (Fsp3) is 0.133. The summed E-state index contributed by atoms with van der Waals surface area (Å²) >= 11 is 0. The third-order valence-electron chi connectivity index (χ3n) is 2.68. The lowest BCUT2D eigenvalue weighted by Crippen LogP contribution is -1.93. The Morgan fingerprint density at radius 1 is 1.06 bits per heavy atom. The second kappa shape index (κ2) is 5.36. The van der Waals surface area contributed by atoms with Gasteiger partial charge in [-0.3, -0.25) is 0 Å². The molecule has 0 fully saturated rings. The molecular weight excluding hydrogens is 228 g/mol. The van der Waals surface area contributed by atoms with E-state index in [2.05, 4.69) is 4.74 Å². The van der Waals surface area contributed by atoms with Crippen molar-refractivity contribution in [2.75, 3.05) is 14.2 Å². The molecule has 0 bridgehead atoms. The lowest BCUT2D eigenvalue weighted by Gasteiger charge is -2.03. The fourth-order valence-electron chi connectivity index (χ4n) is 1.71. The van der Waals surface area contributed by atoms with Gasteiger partial charge in [0.1, 0.15) is 5.75 Å². The predicted molar refractivity (Wildman–Crippen MR) is 71.6 cm³/mol. The van der Waals surface area contributed by atoms with E-state index in [1.54, 1.807) is 13.2 Å². The topological polar surface area (TPSA) is 35.5 Å². The Hall–Kier alpha value is -2.29. The van der Waals surface area contributed by atoms with Crippen molar-refractivity contribution in [1.29, 1.82) is 0 Å². The average molecular weight is 242 g/mol. The van der Waals surface area contributed by atoms with Crippen LogP contribution in [-0.4, -0.2) is 20.2 Å². The van der Waals surface area contributed by atoms with Crippen LogP contribution in [-0.2, 0) is 9.53 Å². The van der Waals surface area contributed by atoms with Gasteiger partial charge in [-0.1, -0.05) is 18.2 Å². The molecule has 0 aliphatic rings. The van der Waals surface area contributed by atoms with Gasteiger partial charge in [0.05, 0.1) is 14.2 Å². The number of carbonyl (C=O) groups is 1. The van der Waals surface area contributed by atoms with Crippen LogP contribution in [0.3, 0.4) is 0 Å². The monoisotopic (exact) mass is 242 g/mol. The number of rotatable bonds is 3. The zero-order chi connectivity index (χ0) is 13.0. The minimum Gasteiger partial charge on any atom is -0.497 e. The van der Waals surface area contributed by atoms with Crippen molar-refractivity contribution in [1.82, 2.24) is 0 Å². The van der Waals surface area contributed by atoms with E-state index >= 15 is 0 Å². The lowest BCUT2D eigenvalue weighted by atomic mass is 10.1. The summed E-state index contributed by atoms with van der Waals surface area (Å²) in [7, 11) is 3.01. The molecule has 2 rings (SSSR count). The predicted octanol–water partition coefficient (Wildman–Crippen LogP) is 3.03. The first-order chi connectivity index (χ1) is 8.72. The maximum atomic E-state index is 11.0. The van der Waals surface area contributed by atoms with Crippen molar-refractivity contribution < 1.29 is 14.3 Å². The van der Waals surface area contributed by atoms with E-state index in [0.29, 0.717) is 0 Å². The summed E-state index contributed by atoms with van der Waals surface area (Å²) in [4.78, 5) is 11.0. The summed E-state index contributed by atoms with van der Waals surface area (Å²) in [5, 5.41) is 2.20. The van der Waals surface area contributed by atoms with Crippen molar-refractivity contribution in [3.8, 4) is 5.75 Å². The highest BCUT2D eigenvalue weighted by Crippen LogP contribution is 2.22. The van der Waals surface area contributed by atoms with E-state index < -0.39 is 0 Å². The van der Waals surface area contributed by atoms with Gasteiger partial charge in [-0.05, 0) is 40.6 Å². The van der Waals surface area contributed by atoms with Gasteiger partial charge >= 0.3 is 5.97 Å². The highest BCUT2D eigenvalue weighted by Gasteiger charge is 1.98. The highest BCUT2D eigenvalue weighted by atomic mass is 16.5. The third-order valence-corrected chi connectivity index (χ3v) is 2.68. The van der Waals surface area contributed by atoms with Gasteiger partial charge in [0.2, 0.25) is 0 Å². The van der Waals surface area contributed by atoms with Gasteiger partial charge in [-0.25, -0.2) is 4.79 Å². The van der Waals surface area contributed by atoms with Gasteiger partial charge in [0.15, 0.2) is 0 Å². The number of methoxy groups -OCH3 is 2. The molecule has 0 heterocycles. The molecule has 18 heavy (non-hydrogen) atoms. The second-order valence-corrected chi connectivity index (χ2v) is 3.83. The summed E-state index contributed by atoms with van der Waals surface area (Å²) in [6.45, 7) is 0. The van der Waals surface area contributed by atoms with Crippen LogP contribution in [0.2, 0.25) is 0 Å². The first-order valence-corrected chi connectivity index (χ1v) is 5.57.